The van der Waals surface area contributed by atoms with Gasteiger partial charge in [0.2, 0.25) is 5.91 Å². The maximum absolute atomic E-state index is 13.6. The summed E-state index contributed by atoms with van der Waals surface area (Å²) in [5.41, 5.74) is 4.26. The van der Waals surface area contributed by atoms with Crippen LogP contribution >= 0.6 is 0 Å². The number of benzene rings is 2. The van der Waals surface area contributed by atoms with Crippen LogP contribution in [0, 0.1) is 13.8 Å². The van der Waals surface area contributed by atoms with E-state index in [0.717, 1.165) is 54.9 Å². The Kier molecular flexibility index (Phi) is 6.69. The van der Waals surface area contributed by atoms with Gasteiger partial charge in [-0.1, -0.05) is 48.0 Å². The second-order valence-electron chi connectivity index (χ2n) is 8.46. The second-order valence-corrected chi connectivity index (χ2v) is 8.46. The van der Waals surface area contributed by atoms with Crippen LogP contribution in [0.3, 0.4) is 0 Å². The van der Waals surface area contributed by atoms with Gasteiger partial charge in [-0.2, -0.15) is 5.10 Å². The Morgan fingerprint density at radius 2 is 1.62 bits per heavy atom. The molecule has 2 aromatic carbocycles. The number of rotatable bonds is 6. The van der Waals surface area contributed by atoms with E-state index >= 15 is 0 Å². The maximum Gasteiger partial charge on any atom is 0.262 e. The van der Waals surface area contributed by atoms with Gasteiger partial charge in [0, 0.05) is 24.5 Å². The molecule has 6 heteroatoms. The lowest BCUT2D eigenvalue weighted by Gasteiger charge is -2.30. The highest BCUT2D eigenvalue weighted by Crippen LogP contribution is 2.21. The van der Waals surface area contributed by atoms with Crippen molar-refractivity contribution in [3.63, 3.8) is 0 Å². The van der Waals surface area contributed by atoms with Crippen molar-refractivity contribution in [1.82, 2.24) is 14.7 Å². The van der Waals surface area contributed by atoms with Crippen LogP contribution in [-0.2, 0) is 11.3 Å². The van der Waals surface area contributed by atoms with Crippen molar-refractivity contribution < 1.29 is 9.59 Å². The van der Waals surface area contributed by atoms with Crippen LogP contribution in [0.15, 0.2) is 60.8 Å². The molecule has 0 bridgehead atoms. The molecular formula is C26H30N4O2. The summed E-state index contributed by atoms with van der Waals surface area (Å²) >= 11 is 0. The summed E-state index contributed by atoms with van der Waals surface area (Å²) in [6, 6.07) is 17.8. The van der Waals surface area contributed by atoms with Crippen LogP contribution in [-0.4, -0.2) is 46.1 Å². The summed E-state index contributed by atoms with van der Waals surface area (Å²) in [6.07, 6.45) is 4.82. The number of hydrogen-bond donors (Lipinski definition) is 0. The third-order valence-electron chi connectivity index (χ3n) is 6.10. The first kappa shape index (κ1) is 21.8. The lowest BCUT2D eigenvalue weighted by molar-refractivity contribution is -0.130. The smallest absolute Gasteiger partial charge is 0.262 e. The average molecular weight is 431 g/mol. The summed E-state index contributed by atoms with van der Waals surface area (Å²) in [5.74, 6) is -0.205. The molecule has 0 N–H and O–H groups in total. The fourth-order valence-electron chi connectivity index (χ4n) is 4.10. The van der Waals surface area contributed by atoms with E-state index in [-0.39, 0.29) is 18.4 Å². The Hall–Kier alpha value is -3.41. The van der Waals surface area contributed by atoms with Crippen LogP contribution in [0.4, 0.5) is 5.69 Å². The van der Waals surface area contributed by atoms with E-state index in [0.29, 0.717) is 12.1 Å². The van der Waals surface area contributed by atoms with E-state index in [1.807, 2.05) is 78.0 Å². The van der Waals surface area contributed by atoms with Gasteiger partial charge in [-0.05, 0) is 50.8 Å². The number of carbonyl (C=O) groups is 2. The Morgan fingerprint density at radius 3 is 2.31 bits per heavy atom. The lowest BCUT2D eigenvalue weighted by Crippen LogP contribution is -2.45. The first-order valence-electron chi connectivity index (χ1n) is 11.3. The molecular weight excluding hydrogens is 400 g/mol. The van der Waals surface area contributed by atoms with Crippen LogP contribution in [0.1, 0.15) is 46.4 Å². The van der Waals surface area contributed by atoms with Crippen LogP contribution < -0.4 is 4.90 Å². The Morgan fingerprint density at radius 1 is 0.938 bits per heavy atom. The minimum atomic E-state index is -0.198. The van der Waals surface area contributed by atoms with Crippen molar-refractivity contribution >= 4 is 17.5 Å². The molecule has 0 atom stereocenters. The minimum absolute atomic E-state index is 0.00652. The summed E-state index contributed by atoms with van der Waals surface area (Å²) in [6.45, 7) is 6.07. The number of carbonyl (C=O) groups excluding carboxylic acids is 2. The molecule has 0 aliphatic carbocycles. The Labute approximate surface area is 189 Å². The topological polar surface area (TPSA) is 58.4 Å². The van der Waals surface area contributed by atoms with Gasteiger partial charge in [-0.15, -0.1) is 0 Å². The zero-order chi connectivity index (χ0) is 22.5. The van der Waals surface area contributed by atoms with Crippen LogP contribution in [0.25, 0.3) is 0 Å². The van der Waals surface area contributed by atoms with Crippen LogP contribution in [0.5, 0.6) is 0 Å². The Balaban J connectivity index is 1.59. The number of piperidine rings is 1. The monoisotopic (exact) mass is 430 g/mol. The van der Waals surface area contributed by atoms with Crippen molar-refractivity contribution in [2.24, 2.45) is 0 Å². The average Bonchev–Trinajstić information content (AvgIpc) is 3.18. The van der Waals surface area contributed by atoms with Gasteiger partial charge in [0.25, 0.3) is 5.91 Å². The van der Waals surface area contributed by atoms with Gasteiger partial charge in [-0.25, -0.2) is 0 Å². The molecule has 3 aromatic rings. The van der Waals surface area contributed by atoms with Gasteiger partial charge in [0.15, 0.2) is 0 Å². The van der Waals surface area contributed by atoms with E-state index in [2.05, 4.69) is 5.10 Å². The molecule has 0 radical (unpaired) electrons. The van der Waals surface area contributed by atoms with E-state index in [4.69, 9.17) is 0 Å². The first-order chi connectivity index (χ1) is 15.5. The van der Waals surface area contributed by atoms with Crippen molar-refractivity contribution in [2.45, 2.75) is 39.7 Å². The summed E-state index contributed by atoms with van der Waals surface area (Å²) < 4.78 is 1.84. The molecule has 1 aliphatic heterocycles. The number of aromatic nitrogens is 2. The van der Waals surface area contributed by atoms with Crippen molar-refractivity contribution in [3.05, 3.63) is 83.2 Å². The molecule has 0 saturated carbocycles. The van der Waals surface area contributed by atoms with Gasteiger partial charge in [0.05, 0.1) is 18.3 Å². The Bertz CT molecular complexity index is 1070. The zero-order valence-electron chi connectivity index (χ0n) is 18.8. The standard InChI is InChI=1S/C26H30N4O2/c1-20-11-13-23(14-12-20)29(19-25(31)28-15-7-4-8-16-28)26(32)24-17-27-30(21(24)2)18-22-9-5-3-6-10-22/h3,5-6,9-14,17H,4,7-8,15-16,18-19H2,1-2H3. The highest BCUT2D eigenvalue weighted by atomic mass is 16.2. The molecule has 32 heavy (non-hydrogen) atoms. The highest BCUT2D eigenvalue weighted by Gasteiger charge is 2.27. The fraction of sp³-hybridized carbons (Fsp3) is 0.346. The second kappa shape index (κ2) is 9.81. The van der Waals surface area contributed by atoms with E-state index in [1.54, 1.807) is 11.1 Å². The SMILES string of the molecule is Cc1ccc(N(CC(=O)N2CCCCC2)C(=O)c2cnn(Cc3ccccc3)c2C)cc1. The molecule has 0 spiro atoms. The number of amides is 2. The largest absolute Gasteiger partial charge is 0.341 e. The summed E-state index contributed by atoms with van der Waals surface area (Å²) in [5, 5.41) is 4.47. The van der Waals surface area contributed by atoms with Crippen LogP contribution in [0.2, 0.25) is 0 Å². The molecule has 1 saturated heterocycles. The minimum Gasteiger partial charge on any atom is -0.341 e. The summed E-state index contributed by atoms with van der Waals surface area (Å²) in [4.78, 5) is 30.1. The third-order valence-corrected chi connectivity index (χ3v) is 6.10. The molecule has 166 valence electrons. The number of hydrogen-bond acceptors (Lipinski definition) is 3. The quantitative estimate of drug-likeness (QED) is 0.589. The lowest BCUT2D eigenvalue weighted by atomic mass is 10.1. The molecule has 2 heterocycles. The molecule has 1 aliphatic rings. The van der Waals surface area contributed by atoms with Gasteiger partial charge in [-0.3, -0.25) is 19.2 Å². The summed E-state index contributed by atoms with van der Waals surface area (Å²) in [7, 11) is 0. The van der Waals surface area contributed by atoms with E-state index < -0.39 is 0 Å². The normalized spacial score (nSPS) is 13.8. The predicted molar refractivity (Wildman–Crippen MR) is 126 cm³/mol. The number of aryl methyl sites for hydroxylation is 1. The number of anilines is 1. The zero-order valence-corrected chi connectivity index (χ0v) is 18.8. The molecule has 6 nitrogen and oxygen atoms in total. The van der Waals surface area contributed by atoms with E-state index in [1.165, 1.54) is 0 Å². The molecule has 1 fully saturated rings. The third kappa shape index (κ3) is 4.90. The molecule has 4 rings (SSSR count). The van der Waals surface area contributed by atoms with Crippen molar-refractivity contribution in [3.8, 4) is 0 Å². The highest BCUT2D eigenvalue weighted by molar-refractivity contribution is 6.09. The fourth-order valence-corrected chi connectivity index (χ4v) is 4.10. The predicted octanol–water partition coefficient (Wildman–Crippen LogP) is 4.21. The van der Waals surface area contributed by atoms with Gasteiger partial charge in [0.1, 0.15) is 6.54 Å². The van der Waals surface area contributed by atoms with Crippen molar-refractivity contribution in [2.75, 3.05) is 24.5 Å². The molecule has 0 unspecified atom stereocenters. The molecule has 1 aromatic heterocycles. The van der Waals surface area contributed by atoms with Gasteiger partial charge < -0.3 is 4.90 Å². The van der Waals surface area contributed by atoms with Crippen molar-refractivity contribution in [1.29, 1.82) is 0 Å². The first-order valence-corrected chi connectivity index (χ1v) is 11.3. The number of nitrogens with zero attached hydrogens (tertiary/aromatic N) is 4. The van der Waals surface area contributed by atoms with Gasteiger partial charge >= 0.3 is 0 Å². The molecule has 2 amide bonds. The van der Waals surface area contributed by atoms with E-state index in [9.17, 15) is 9.59 Å². The number of likely N-dealkylation sites (tertiary alicyclic amines) is 1. The maximum atomic E-state index is 13.6.